The van der Waals surface area contributed by atoms with Gasteiger partial charge >= 0.3 is 11.7 Å². The second-order valence-electron chi connectivity index (χ2n) is 5.65. The van der Waals surface area contributed by atoms with Crippen LogP contribution in [0.2, 0.25) is 0 Å². The molecule has 20 heavy (non-hydrogen) atoms. The Balaban J connectivity index is 2.33. The van der Waals surface area contributed by atoms with E-state index < -0.39 is 28.2 Å². The molecule has 1 aliphatic rings. The van der Waals surface area contributed by atoms with Gasteiger partial charge in [0.25, 0.3) is 5.56 Å². The predicted octanol–water partition coefficient (Wildman–Crippen LogP) is 1.35. The zero-order valence-corrected chi connectivity index (χ0v) is 11.9. The Labute approximate surface area is 117 Å². The summed E-state index contributed by atoms with van der Waals surface area (Å²) in [6, 6.07) is 1.65. The molecule has 2 aromatic rings. The first-order chi connectivity index (χ1) is 9.31. The van der Waals surface area contributed by atoms with Gasteiger partial charge in [-0.1, -0.05) is 0 Å². The number of hydrogen-bond donors (Lipinski definition) is 2. The van der Waals surface area contributed by atoms with Gasteiger partial charge in [-0.2, -0.15) is 0 Å². The van der Waals surface area contributed by atoms with Crippen LogP contribution < -0.4 is 11.2 Å². The molecule has 1 fully saturated rings. The van der Waals surface area contributed by atoms with Crippen molar-refractivity contribution in [3.05, 3.63) is 32.3 Å². The van der Waals surface area contributed by atoms with Crippen LogP contribution in [0.4, 0.5) is 0 Å². The fraction of sp³-hybridized carbons (Fsp3) is 0.462. The summed E-state index contributed by atoms with van der Waals surface area (Å²) in [7, 11) is 0. The number of aliphatic carboxylic acids is 1. The van der Waals surface area contributed by atoms with Crippen molar-refractivity contribution in [2.45, 2.75) is 32.2 Å². The highest BCUT2D eigenvalue weighted by molar-refractivity contribution is 7.16. The Bertz CT molecular complexity index is 833. The van der Waals surface area contributed by atoms with Gasteiger partial charge in [-0.15, -0.1) is 11.3 Å². The Hall–Kier alpha value is -1.89. The number of hydrogen-bond acceptors (Lipinski definition) is 4. The number of rotatable bonds is 2. The first-order valence-corrected chi connectivity index (χ1v) is 7.16. The summed E-state index contributed by atoms with van der Waals surface area (Å²) in [5.74, 6) is -0.983. The first-order valence-electron chi connectivity index (χ1n) is 6.28. The molecule has 6 nitrogen and oxygen atoms in total. The van der Waals surface area contributed by atoms with Gasteiger partial charge in [0, 0.05) is 0 Å². The minimum Gasteiger partial charge on any atom is -0.481 e. The Morgan fingerprint density at radius 1 is 1.40 bits per heavy atom. The minimum atomic E-state index is -1.10. The smallest absolute Gasteiger partial charge is 0.329 e. The molecule has 0 amide bonds. The lowest BCUT2D eigenvalue weighted by molar-refractivity contribution is -0.168. The fourth-order valence-electron chi connectivity index (χ4n) is 2.95. The van der Waals surface area contributed by atoms with Gasteiger partial charge in [0.2, 0.25) is 0 Å². The average Bonchev–Trinajstić information content (AvgIpc) is 2.84. The minimum absolute atomic E-state index is 0.417. The lowest BCUT2D eigenvalue weighted by Gasteiger charge is -2.53. The van der Waals surface area contributed by atoms with E-state index in [1.165, 1.54) is 11.3 Å². The summed E-state index contributed by atoms with van der Waals surface area (Å²) in [4.78, 5) is 39.4. The third-order valence-corrected chi connectivity index (χ3v) is 5.62. The molecule has 0 aromatic carbocycles. The van der Waals surface area contributed by atoms with E-state index in [1.807, 2.05) is 0 Å². The number of aromatic amines is 1. The van der Waals surface area contributed by atoms with Crippen LogP contribution >= 0.6 is 11.3 Å². The van der Waals surface area contributed by atoms with Crippen LogP contribution in [-0.4, -0.2) is 20.6 Å². The Kier molecular flexibility index (Phi) is 2.50. The quantitative estimate of drug-likeness (QED) is 0.874. The summed E-state index contributed by atoms with van der Waals surface area (Å²) < 4.78 is 1.08. The lowest BCUT2D eigenvalue weighted by Crippen LogP contribution is -2.64. The maximum atomic E-state index is 12.5. The van der Waals surface area contributed by atoms with Crippen LogP contribution in [0, 0.1) is 5.41 Å². The fourth-order valence-corrected chi connectivity index (χ4v) is 3.71. The van der Waals surface area contributed by atoms with Crippen LogP contribution in [-0.2, 0) is 10.3 Å². The molecule has 0 saturated heterocycles. The molecule has 2 atom stereocenters. The average molecular weight is 294 g/mol. The monoisotopic (exact) mass is 294 g/mol. The molecule has 0 spiro atoms. The van der Waals surface area contributed by atoms with E-state index in [9.17, 15) is 19.5 Å². The summed E-state index contributed by atoms with van der Waals surface area (Å²) >= 11 is 1.28. The highest BCUT2D eigenvalue weighted by Crippen LogP contribution is 2.53. The highest BCUT2D eigenvalue weighted by Gasteiger charge is 2.60. The van der Waals surface area contributed by atoms with Crippen molar-refractivity contribution in [2.24, 2.45) is 5.41 Å². The molecule has 2 N–H and O–H groups in total. The van der Waals surface area contributed by atoms with Crippen LogP contribution in [0.3, 0.4) is 0 Å². The zero-order chi connectivity index (χ0) is 14.7. The number of aromatic nitrogens is 2. The molecule has 0 aliphatic heterocycles. The topological polar surface area (TPSA) is 92.2 Å². The van der Waals surface area contributed by atoms with Gasteiger partial charge in [0.05, 0.1) is 16.3 Å². The number of carboxylic acids is 1. The number of nitrogens with zero attached hydrogens (tertiary/aromatic N) is 1. The molecule has 7 heteroatoms. The van der Waals surface area contributed by atoms with Crippen LogP contribution in [0.1, 0.15) is 26.7 Å². The predicted molar refractivity (Wildman–Crippen MR) is 75.3 cm³/mol. The molecule has 2 unspecified atom stereocenters. The molecule has 1 saturated carbocycles. The number of nitrogens with one attached hydrogen (secondary N) is 1. The Morgan fingerprint density at radius 3 is 2.65 bits per heavy atom. The lowest BCUT2D eigenvalue weighted by atomic mass is 9.56. The number of carboxylic acid groups (broad SMARTS) is 1. The van der Waals surface area contributed by atoms with E-state index in [4.69, 9.17) is 0 Å². The summed E-state index contributed by atoms with van der Waals surface area (Å²) in [5, 5.41) is 11.6. The third-order valence-electron chi connectivity index (χ3n) is 4.79. The number of thiophene rings is 1. The molecule has 1 aliphatic carbocycles. The highest BCUT2D eigenvalue weighted by atomic mass is 32.1. The first kappa shape index (κ1) is 13.1. The van der Waals surface area contributed by atoms with Crippen molar-refractivity contribution in [3.8, 4) is 0 Å². The van der Waals surface area contributed by atoms with Crippen LogP contribution in [0.15, 0.2) is 21.0 Å². The van der Waals surface area contributed by atoms with E-state index >= 15 is 0 Å². The number of fused-ring (bicyclic) bond motifs is 1. The number of H-pyrrole nitrogens is 1. The van der Waals surface area contributed by atoms with Crippen molar-refractivity contribution in [1.29, 1.82) is 0 Å². The van der Waals surface area contributed by atoms with Gasteiger partial charge in [-0.25, -0.2) is 4.79 Å². The molecular formula is C13H14N2O4S. The maximum Gasteiger partial charge on any atom is 0.329 e. The summed E-state index contributed by atoms with van der Waals surface area (Å²) in [6.45, 7) is 3.25. The molecule has 3 rings (SSSR count). The third kappa shape index (κ3) is 1.35. The van der Waals surface area contributed by atoms with E-state index in [0.29, 0.717) is 23.1 Å². The van der Waals surface area contributed by atoms with Crippen LogP contribution in [0.5, 0.6) is 0 Å². The molecule has 2 heterocycles. The van der Waals surface area contributed by atoms with E-state index in [0.717, 1.165) is 4.57 Å². The van der Waals surface area contributed by atoms with Gasteiger partial charge in [0.1, 0.15) is 4.83 Å². The standard InChI is InChI=1S/C13H14N2O4S/c1-12(10(17)18)4-5-13(12,2)15-9(16)7-3-6-20-8(7)14-11(15)19/h3,6H,4-5H2,1-2H3,(H,14,19)(H,17,18). The maximum absolute atomic E-state index is 12.5. The van der Waals surface area contributed by atoms with Gasteiger partial charge in [0.15, 0.2) is 0 Å². The van der Waals surface area contributed by atoms with Crippen molar-refractivity contribution in [2.75, 3.05) is 0 Å². The SMILES string of the molecule is CC1(C(=O)O)CCC1(C)n1c(=O)[nH]c2sccc2c1=O. The summed E-state index contributed by atoms with van der Waals surface area (Å²) in [6.07, 6.45) is 0.945. The molecule has 2 aromatic heterocycles. The largest absolute Gasteiger partial charge is 0.481 e. The molecule has 106 valence electrons. The second-order valence-corrected chi connectivity index (χ2v) is 6.56. The van der Waals surface area contributed by atoms with E-state index in [1.54, 1.807) is 25.3 Å². The van der Waals surface area contributed by atoms with Crippen molar-refractivity contribution in [3.63, 3.8) is 0 Å². The van der Waals surface area contributed by atoms with Crippen molar-refractivity contribution < 1.29 is 9.90 Å². The summed E-state index contributed by atoms with van der Waals surface area (Å²) in [5.41, 5.74) is -3.06. The molecule has 0 radical (unpaired) electrons. The van der Waals surface area contributed by atoms with Crippen LogP contribution in [0.25, 0.3) is 10.2 Å². The van der Waals surface area contributed by atoms with Gasteiger partial charge in [-0.3, -0.25) is 19.1 Å². The van der Waals surface area contributed by atoms with Gasteiger partial charge < -0.3 is 5.11 Å². The second kappa shape index (κ2) is 3.82. The molecule has 0 bridgehead atoms. The van der Waals surface area contributed by atoms with E-state index in [-0.39, 0.29) is 0 Å². The normalized spacial score (nSPS) is 29.3. The Morgan fingerprint density at radius 2 is 2.10 bits per heavy atom. The van der Waals surface area contributed by atoms with Crippen molar-refractivity contribution in [1.82, 2.24) is 9.55 Å². The zero-order valence-electron chi connectivity index (χ0n) is 11.1. The molecular weight excluding hydrogens is 280 g/mol. The van der Waals surface area contributed by atoms with E-state index in [2.05, 4.69) is 4.98 Å². The number of carbonyl (C=O) groups is 1. The van der Waals surface area contributed by atoms with Gasteiger partial charge in [-0.05, 0) is 38.1 Å². The van der Waals surface area contributed by atoms with Crippen molar-refractivity contribution >= 4 is 27.5 Å².